The molecule has 3 nitrogen and oxygen atoms in total. The van der Waals surface area contributed by atoms with Crippen molar-refractivity contribution in [2.45, 2.75) is 0 Å². The summed E-state index contributed by atoms with van der Waals surface area (Å²) in [6.07, 6.45) is 1.39. The van der Waals surface area contributed by atoms with Gasteiger partial charge >= 0.3 is 5.97 Å². The molecule has 0 unspecified atom stereocenters. The fourth-order valence-corrected chi connectivity index (χ4v) is 1.85. The first-order valence-electron chi connectivity index (χ1n) is 3.63. The fourth-order valence-electron chi connectivity index (χ4n) is 1.10. The maximum atomic E-state index is 10.7. The lowest BCUT2D eigenvalue weighted by atomic mass is 10.2. The van der Waals surface area contributed by atoms with Crippen molar-refractivity contribution < 1.29 is 14.3 Å². The van der Waals surface area contributed by atoms with Crippen LogP contribution in [0.5, 0.6) is 0 Å². The van der Waals surface area contributed by atoms with Crippen LogP contribution in [0.1, 0.15) is 10.6 Å². The molecule has 2 heterocycles. The molecule has 0 aliphatic carbocycles. The van der Waals surface area contributed by atoms with Gasteiger partial charge in [0.1, 0.15) is 0 Å². The molecular formula is C9H6O3S. The minimum absolute atomic E-state index is 0.00227. The van der Waals surface area contributed by atoms with E-state index in [1.165, 1.54) is 17.6 Å². The molecule has 0 aliphatic heterocycles. The van der Waals surface area contributed by atoms with E-state index < -0.39 is 5.97 Å². The summed E-state index contributed by atoms with van der Waals surface area (Å²) in [5, 5.41) is 10.7. The minimum atomic E-state index is -1.03. The second-order valence-corrected chi connectivity index (χ2v) is 3.39. The molecule has 4 heteroatoms. The Morgan fingerprint density at radius 2 is 2.31 bits per heavy atom. The molecule has 13 heavy (non-hydrogen) atoms. The maximum Gasteiger partial charge on any atom is 0.372 e. The van der Waals surface area contributed by atoms with E-state index in [1.807, 2.05) is 17.5 Å². The van der Waals surface area contributed by atoms with Gasteiger partial charge in [-0.2, -0.15) is 0 Å². The zero-order valence-electron chi connectivity index (χ0n) is 6.56. The highest BCUT2D eigenvalue weighted by Gasteiger charge is 2.15. The van der Waals surface area contributed by atoms with Crippen molar-refractivity contribution in [3.8, 4) is 10.4 Å². The topological polar surface area (TPSA) is 50.4 Å². The highest BCUT2D eigenvalue weighted by Crippen LogP contribution is 2.28. The average Bonchev–Trinajstić information content (AvgIpc) is 2.74. The number of carboxylic acid groups (broad SMARTS) is 1. The SMILES string of the molecule is O=C(O)c1occc1-c1cccs1. The molecule has 0 aliphatic rings. The lowest BCUT2D eigenvalue weighted by Gasteiger charge is -1.92. The van der Waals surface area contributed by atoms with Gasteiger partial charge in [0, 0.05) is 10.4 Å². The summed E-state index contributed by atoms with van der Waals surface area (Å²) in [6.45, 7) is 0. The summed E-state index contributed by atoms with van der Waals surface area (Å²) < 4.78 is 4.86. The van der Waals surface area contributed by atoms with Crippen LogP contribution < -0.4 is 0 Å². The second-order valence-electron chi connectivity index (χ2n) is 2.45. The van der Waals surface area contributed by atoms with Crippen LogP contribution in [-0.4, -0.2) is 11.1 Å². The fraction of sp³-hybridized carbons (Fsp3) is 0. The van der Waals surface area contributed by atoms with Crippen LogP contribution in [0.2, 0.25) is 0 Å². The van der Waals surface area contributed by atoms with Crippen molar-refractivity contribution in [2.75, 3.05) is 0 Å². The van der Waals surface area contributed by atoms with Gasteiger partial charge in [-0.25, -0.2) is 4.79 Å². The summed E-state index contributed by atoms with van der Waals surface area (Å²) in [5.41, 5.74) is 0.641. The minimum Gasteiger partial charge on any atom is -0.475 e. The van der Waals surface area contributed by atoms with Gasteiger partial charge in [0.25, 0.3) is 0 Å². The lowest BCUT2D eigenvalue weighted by molar-refractivity contribution is 0.0663. The molecular weight excluding hydrogens is 188 g/mol. The Kier molecular flexibility index (Phi) is 1.90. The summed E-state index contributed by atoms with van der Waals surface area (Å²) in [6, 6.07) is 5.40. The molecule has 0 fully saturated rings. The van der Waals surface area contributed by atoms with Gasteiger partial charge in [-0.05, 0) is 17.5 Å². The number of carbonyl (C=O) groups is 1. The highest BCUT2D eigenvalue weighted by atomic mass is 32.1. The van der Waals surface area contributed by atoms with Crippen LogP contribution in [0.15, 0.2) is 34.3 Å². The smallest absolute Gasteiger partial charge is 0.372 e. The molecule has 0 aromatic carbocycles. The Labute approximate surface area is 78.2 Å². The summed E-state index contributed by atoms with van der Waals surface area (Å²) >= 11 is 1.49. The van der Waals surface area contributed by atoms with Crippen molar-refractivity contribution >= 4 is 17.3 Å². The predicted molar refractivity (Wildman–Crippen MR) is 49.0 cm³/mol. The Morgan fingerprint density at radius 3 is 2.92 bits per heavy atom. The third-order valence-electron chi connectivity index (χ3n) is 1.65. The molecule has 0 atom stereocenters. The molecule has 0 saturated carbocycles. The monoisotopic (exact) mass is 194 g/mol. The van der Waals surface area contributed by atoms with Crippen molar-refractivity contribution in [3.05, 3.63) is 35.6 Å². The molecule has 1 N–H and O–H groups in total. The van der Waals surface area contributed by atoms with Gasteiger partial charge in [0.15, 0.2) is 0 Å². The maximum absolute atomic E-state index is 10.7. The number of thiophene rings is 1. The Morgan fingerprint density at radius 1 is 1.46 bits per heavy atom. The van der Waals surface area contributed by atoms with Gasteiger partial charge in [-0.3, -0.25) is 0 Å². The van der Waals surface area contributed by atoms with Gasteiger partial charge in [0.2, 0.25) is 5.76 Å². The van der Waals surface area contributed by atoms with Crippen molar-refractivity contribution in [2.24, 2.45) is 0 Å². The van der Waals surface area contributed by atoms with Crippen LogP contribution >= 0.6 is 11.3 Å². The number of rotatable bonds is 2. The third kappa shape index (κ3) is 1.36. The Hall–Kier alpha value is -1.55. The van der Waals surface area contributed by atoms with E-state index in [4.69, 9.17) is 9.52 Å². The summed E-state index contributed by atoms with van der Waals surface area (Å²) in [7, 11) is 0. The van der Waals surface area contributed by atoms with E-state index in [0.29, 0.717) is 5.56 Å². The lowest BCUT2D eigenvalue weighted by Crippen LogP contribution is -1.94. The molecule has 2 rings (SSSR count). The van der Waals surface area contributed by atoms with Crippen LogP contribution in [0.4, 0.5) is 0 Å². The normalized spacial score (nSPS) is 10.2. The van der Waals surface area contributed by atoms with Crippen LogP contribution in [-0.2, 0) is 0 Å². The van der Waals surface area contributed by atoms with E-state index in [2.05, 4.69) is 0 Å². The molecule has 0 spiro atoms. The molecule has 0 amide bonds. The van der Waals surface area contributed by atoms with Crippen molar-refractivity contribution in [3.63, 3.8) is 0 Å². The molecule has 66 valence electrons. The molecule has 0 bridgehead atoms. The zero-order chi connectivity index (χ0) is 9.26. The predicted octanol–water partition coefficient (Wildman–Crippen LogP) is 2.71. The number of carboxylic acids is 1. The second kappa shape index (κ2) is 3.06. The van der Waals surface area contributed by atoms with E-state index in [0.717, 1.165) is 4.88 Å². The highest BCUT2D eigenvalue weighted by molar-refractivity contribution is 7.13. The summed E-state index contributed by atoms with van der Waals surface area (Å²) in [5.74, 6) is -1.03. The Balaban J connectivity index is 2.52. The molecule has 2 aromatic heterocycles. The zero-order valence-corrected chi connectivity index (χ0v) is 7.38. The summed E-state index contributed by atoms with van der Waals surface area (Å²) in [4.78, 5) is 11.6. The van der Waals surface area contributed by atoms with Crippen molar-refractivity contribution in [1.29, 1.82) is 0 Å². The quantitative estimate of drug-likeness (QED) is 0.799. The first-order chi connectivity index (χ1) is 6.29. The van der Waals surface area contributed by atoms with Gasteiger partial charge in [-0.1, -0.05) is 6.07 Å². The van der Waals surface area contributed by atoms with Gasteiger partial charge in [0.05, 0.1) is 6.26 Å². The molecule has 0 radical (unpaired) electrons. The standard InChI is InChI=1S/C9H6O3S/c10-9(11)8-6(3-4-12-8)7-2-1-5-13-7/h1-5H,(H,10,11). The van der Waals surface area contributed by atoms with Gasteiger partial charge in [-0.15, -0.1) is 11.3 Å². The average molecular weight is 194 g/mol. The Bertz CT molecular complexity index is 414. The van der Waals surface area contributed by atoms with E-state index >= 15 is 0 Å². The van der Waals surface area contributed by atoms with E-state index in [1.54, 1.807) is 6.07 Å². The molecule has 0 saturated heterocycles. The molecule has 2 aromatic rings. The van der Waals surface area contributed by atoms with Crippen molar-refractivity contribution in [1.82, 2.24) is 0 Å². The largest absolute Gasteiger partial charge is 0.475 e. The number of hydrogen-bond acceptors (Lipinski definition) is 3. The van der Waals surface area contributed by atoms with Crippen LogP contribution in [0, 0.1) is 0 Å². The number of hydrogen-bond donors (Lipinski definition) is 1. The number of aromatic carboxylic acids is 1. The van der Waals surface area contributed by atoms with Crippen LogP contribution in [0.25, 0.3) is 10.4 Å². The van der Waals surface area contributed by atoms with E-state index in [-0.39, 0.29) is 5.76 Å². The first kappa shape index (κ1) is 8.07. The first-order valence-corrected chi connectivity index (χ1v) is 4.51. The van der Waals surface area contributed by atoms with Crippen LogP contribution in [0.3, 0.4) is 0 Å². The third-order valence-corrected chi connectivity index (χ3v) is 2.55. The van der Waals surface area contributed by atoms with E-state index in [9.17, 15) is 4.79 Å². The number of furan rings is 1. The van der Waals surface area contributed by atoms with Gasteiger partial charge < -0.3 is 9.52 Å².